The van der Waals surface area contributed by atoms with E-state index in [-0.39, 0.29) is 6.42 Å². The summed E-state index contributed by atoms with van der Waals surface area (Å²) in [5.74, 6) is 0.722. The minimum absolute atomic E-state index is 0.184. The summed E-state index contributed by atoms with van der Waals surface area (Å²) in [5.41, 5.74) is 2.02. The lowest BCUT2D eigenvalue weighted by Crippen LogP contribution is -1.98. The summed E-state index contributed by atoms with van der Waals surface area (Å²) >= 11 is 0. The quantitative estimate of drug-likeness (QED) is 0.527. The molecule has 0 aliphatic rings. The average molecular weight is 382 g/mol. The SMILES string of the molecule is COc1ccc(-c2ccnc3nc(Cc4cc(F)cc(F)c4)nn23)cc1OC. The lowest BCUT2D eigenvalue weighted by Gasteiger charge is -2.10. The molecule has 0 atom stereocenters. The van der Waals surface area contributed by atoms with Crippen LogP contribution in [0.15, 0.2) is 48.7 Å². The van der Waals surface area contributed by atoms with Crippen molar-refractivity contribution in [2.75, 3.05) is 14.2 Å². The minimum Gasteiger partial charge on any atom is -0.493 e. The zero-order valence-electron chi connectivity index (χ0n) is 15.2. The van der Waals surface area contributed by atoms with E-state index in [2.05, 4.69) is 15.1 Å². The molecule has 0 fully saturated rings. The zero-order chi connectivity index (χ0) is 19.7. The molecular weight excluding hydrogens is 366 g/mol. The highest BCUT2D eigenvalue weighted by Crippen LogP contribution is 2.32. The van der Waals surface area contributed by atoms with E-state index in [1.165, 1.54) is 12.1 Å². The maximum Gasteiger partial charge on any atom is 0.252 e. The lowest BCUT2D eigenvalue weighted by atomic mass is 10.1. The molecule has 4 rings (SSSR count). The maximum absolute atomic E-state index is 13.4. The summed E-state index contributed by atoms with van der Waals surface area (Å²) in [4.78, 5) is 8.60. The number of hydrogen-bond donors (Lipinski definition) is 0. The third kappa shape index (κ3) is 3.36. The second-order valence-corrected chi connectivity index (χ2v) is 6.09. The number of rotatable bonds is 5. The van der Waals surface area contributed by atoms with Gasteiger partial charge in [0, 0.05) is 24.2 Å². The van der Waals surface area contributed by atoms with Crippen LogP contribution in [-0.2, 0) is 6.42 Å². The van der Waals surface area contributed by atoms with Crippen molar-refractivity contribution in [3.8, 4) is 22.8 Å². The van der Waals surface area contributed by atoms with E-state index in [0.29, 0.717) is 28.7 Å². The van der Waals surface area contributed by atoms with E-state index >= 15 is 0 Å². The Labute approximate surface area is 159 Å². The van der Waals surface area contributed by atoms with Crippen molar-refractivity contribution in [3.05, 3.63) is 71.7 Å². The Morgan fingerprint density at radius 1 is 0.929 bits per heavy atom. The molecule has 0 radical (unpaired) electrons. The third-order valence-corrected chi connectivity index (χ3v) is 4.25. The molecule has 6 nitrogen and oxygen atoms in total. The van der Waals surface area contributed by atoms with Crippen LogP contribution >= 0.6 is 0 Å². The normalized spacial score (nSPS) is 11.0. The fraction of sp³-hybridized carbons (Fsp3) is 0.150. The zero-order valence-corrected chi connectivity index (χ0v) is 15.2. The molecule has 2 heterocycles. The number of ether oxygens (including phenoxy) is 2. The topological polar surface area (TPSA) is 61.5 Å². The molecule has 4 aromatic rings. The number of hydrogen-bond acceptors (Lipinski definition) is 5. The van der Waals surface area contributed by atoms with Crippen LogP contribution in [0.1, 0.15) is 11.4 Å². The molecule has 8 heteroatoms. The summed E-state index contributed by atoms with van der Waals surface area (Å²) in [6.45, 7) is 0. The Balaban J connectivity index is 1.75. The number of fused-ring (bicyclic) bond motifs is 1. The van der Waals surface area contributed by atoms with Crippen molar-refractivity contribution in [1.82, 2.24) is 19.6 Å². The van der Waals surface area contributed by atoms with E-state index < -0.39 is 11.6 Å². The van der Waals surface area contributed by atoms with E-state index in [1.54, 1.807) is 37.1 Å². The van der Waals surface area contributed by atoms with Gasteiger partial charge in [-0.05, 0) is 42.0 Å². The van der Waals surface area contributed by atoms with Crippen LogP contribution in [0.2, 0.25) is 0 Å². The monoisotopic (exact) mass is 382 g/mol. The van der Waals surface area contributed by atoms with Gasteiger partial charge in [0.15, 0.2) is 17.3 Å². The van der Waals surface area contributed by atoms with Crippen molar-refractivity contribution in [3.63, 3.8) is 0 Å². The summed E-state index contributed by atoms with van der Waals surface area (Å²) in [7, 11) is 3.14. The van der Waals surface area contributed by atoms with Crippen LogP contribution in [-0.4, -0.2) is 33.8 Å². The van der Waals surface area contributed by atoms with Crippen molar-refractivity contribution in [2.24, 2.45) is 0 Å². The molecule has 0 amide bonds. The van der Waals surface area contributed by atoms with Gasteiger partial charge in [-0.1, -0.05) is 0 Å². The van der Waals surface area contributed by atoms with Gasteiger partial charge in [-0.2, -0.15) is 9.50 Å². The van der Waals surface area contributed by atoms with Gasteiger partial charge in [0.2, 0.25) is 0 Å². The molecule has 0 bridgehead atoms. The molecular formula is C20H16F2N4O2. The Morgan fingerprint density at radius 2 is 1.68 bits per heavy atom. The average Bonchev–Trinajstić information content (AvgIpc) is 3.08. The largest absolute Gasteiger partial charge is 0.493 e. The predicted molar refractivity (Wildman–Crippen MR) is 98.5 cm³/mol. The lowest BCUT2D eigenvalue weighted by molar-refractivity contribution is 0.355. The highest BCUT2D eigenvalue weighted by atomic mass is 19.1. The fourth-order valence-corrected chi connectivity index (χ4v) is 3.02. The first-order valence-electron chi connectivity index (χ1n) is 8.45. The van der Waals surface area contributed by atoms with Crippen LogP contribution in [0.5, 0.6) is 11.5 Å². The van der Waals surface area contributed by atoms with Gasteiger partial charge >= 0.3 is 0 Å². The maximum atomic E-state index is 13.4. The Kier molecular flexibility index (Phi) is 4.60. The number of nitrogens with zero attached hydrogens (tertiary/aromatic N) is 4. The van der Waals surface area contributed by atoms with E-state index in [9.17, 15) is 8.78 Å². The summed E-state index contributed by atoms with van der Waals surface area (Å²) in [6.07, 6.45) is 1.81. The standard InChI is InChI=1S/C20H16F2N4O2/c1-27-17-4-3-13(10-18(17)28-2)16-5-6-23-20-24-19(25-26(16)20)9-12-7-14(21)11-15(22)8-12/h3-8,10-11H,9H2,1-2H3. The first kappa shape index (κ1) is 17.8. The molecule has 0 unspecified atom stereocenters. The third-order valence-electron chi connectivity index (χ3n) is 4.25. The van der Waals surface area contributed by atoms with Crippen molar-refractivity contribution >= 4 is 5.78 Å². The molecule has 0 saturated carbocycles. The smallest absolute Gasteiger partial charge is 0.252 e. The highest BCUT2D eigenvalue weighted by molar-refractivity contribution is 5.65. The first-order valence-corrected chi connectivity index (χ1v) is 8.45. The van der Waals surface area contributed by atoms with Gasteiger partial charge in [0.25, 0.3) is 5.78 Å². The number of halogens is 2. The van der Waals surface area contributed by atoms with Gasteiger partial charge < -0.3 is 9.47 Å². The second kappa shape index (κ2) is 7.22. The van der Waals surface area contributed by atoms with Gasteiger partial charge in [0.1, 0.15) is 11.6 Å². The second-order valence-electron chi connectivity index (χ2n) is 6.09. The number of benzene rings is 2. The van der Waals surface area contributed by atoms with Crippen molar-refractivity contribution in [2.45, 2.75) is 6.42 Å². The molecule has 0 saturated heterocycles. The molecule has 28 heavy (non-hydrogen) atoms. The van der Waals surface area contributed by atoms with E-state index in [1.807, 2.05) is 12.1 Å². The summed E-state index contributed by atoms with van der Waals surface area (Å²) in [5, 5.41) is 4.47. The Morgan fingerprint density at radius 3 is 2.39 bits per heavy atom. The van der Waals surface area contributed by atoms with Crippen LogP contribution in [0.25, 0.3) is 17.0 Å². The molecule has 0 N–H and O–H groups in total. The molecule has 2 aromatic heterocycles. The molecule has 0 spiro atoms. The van der Waals surface area contributed by atoms with Crippen LogP contribution in [0.3, 0.4) is 0 Å². The van der Waals surface area contributed by atoms with Crippen LogP contribution < -0.4 is 9.47 Å². The Bertz CT molecular complexity index is 1140. The van der Waals surface area contributed by atoms with Crippen LogP contribution in [0, 0.1) is 11.6 Å². The molecule has 142 valence electrons. The first-order chi connectivity index (χ1) is 13.6. The van der Waals surface area contributed by atoms with E-state index in [0.717, 1.165) is 17.3 Å². The molecule has 0 aliphatic carbocycles. The van der Waals surface area contributed by atoms with Gasteiger partial charge in [0.05, 0.1) is 19.9 Å². The van der Waals surface area contributed by atoms with Crippen molar-refractivity contribution in [1.29, 1.82) is 0 Å². The minimum atomic E-state index is -0.636. The summed E-state index contributed by atoms with van der Waals surface area (Å²) in [6, 6.07) is 10.7. The van der Waals surface area contributed by atoms with Gasteiger partial charge in [-0.3, -0.25) is 0 Å². The van der Waals surface area contributed by atoms with Crippen LogP contribution in [0.4, 0.5) is 8.78 Å². The van der Waals surface area contributed by atoms with Gasteiger partial charge in [-0.25, -0.2) is 13.8 Å². The Hall–Kier alpha value is -3.55. The predicted octanol–water partition coefficient (Wildman–Crippen LogP) is 3.68. The number of aromatic nitrogens is 4. The molecule has 0 aliphatic heterocycles. The van der Waals surface area contributed by atoms with Crippen molar-refractivity contribution < 1.29 is 18.3 Å². The fourth-order valence-electron chi connectivity index (χ4n) is 3.02. The van der Waals surface area contributed by atoms with E-state index in [4.69, 9.17) is 9.47 Å². The highest BCUT2D eigenvalue weighted by Gasteiger charge is 2.13. The molecule has 2 aromatic carbocycles. The summed E-state index contributed by atoms with van der Waals surface area (Å²) < 4.78 is 39.1. The number of methoxy groups -OCH3 is 2. The van der Waals surface area contributed by atoms with Gasteiger partial charge in [-0.15, -0.1) is 5.10 Å².